The number of nitrogens with one attached hydrogen (secondary N) is 1. The van der Waals surface area contributed by atoms with Gasteiger partial charge in [-0.3, -0.25) is 0 Å². The largest absolute Gasteiger partial charge is 0.490 e. The summed E-state index contributed by atoms with van der Waals surface area (Å²) in [5, 5.41) is 3.34. The second kappa shape index (κ2) is 7.07. The van der Waals surface area contributed by atoms with Crippen molar-refractivity contribution in [3.05, 3.63) is 29.1 Å². The van der Waals surface area contributed by atoms with E-state index in [4.69, 9.17) is 4.74 Å². The third kappa shape index (κ3) is 3.72. The van der Waals surface area contributed by atoms with E-state index in [0.29, 0.717) is 11.7 Å². The van der Waals surface area contributed by atoms with Gasteiger partial charge in [-0.1, -0.05) is 13.3 Å². The van der Waals surface area contributed by atoms with Gasteiger partial charge < -0.3 is 10.1 Å². The van der Waals surface area contributed by atoms with Crippen molar-refractivity contribution < 1.29 is 9.13 Å². The number of ether oxygens (including phenoxy) is 1. The molecular formula is C17H26FNO. The highest BCUT2D eigenvalue weighted by molar-refractivity contribution is 5.40. The standard InChI is InChI=1S/C17H26FNO/c1-4-19-13(3)15-11-16(18)12(2)10-17(15)20-14-8-6-5-7-9-14/h10-11,13-14,19H,4-9H2,1-3H3. The topological polar surface area (TPSA) is 21.3 Å². The van der Waals surface area contributed by atoms with E-state index in [2.05, 4.69) is 19.2 Å². The molecule has 1 unspecified atom stereocenters. The first-order valence-electron chi connectivity index (χ1n) is 7.82. The van der Waals surface area contributed by atoms with Crippen LogP contribution in [0.25, 0.3) is 0 Å². The lowest BCUT2D eigenvalue weighted by Crippen LogP contribution is -2.23. The summed E-state index contributed by atoms with van der Waals surface area (Å²) in [5.74, 6) is 0.699. The van der Waals surface area contributed by atoms with Crippen molar-refractivity contribution in [3.63, 3.8) is 0 Å². The van der Waals surface area contributed by atoms with Crippen LogP contribution in [0.5, 0.6) is 5.75 Å². The molecular weight excluding hydrogens is 253 g/mol. The Hall–Kier alpha value is -1.09. The number of rotatable bonds is 5. The van der Waals surface area contributed by atoms with Gasteiger partial charge in [0.15, 0.2) is 0 Å². The van der Waals surface area contributed by atoms with Crippen LogP contribution in [0.15, 0.2) is 12.1 Å². The van der Waals surface area contributed by atoms with Crippen LogP contribution in [-0.4, -0.2) is 12.6 Å². The SMILES string of the molecule is CCNC(C)c1cc(F)c(C)cc1OC1CCCCC1. The Labute approximate surface area is 121 Å². The zero-order chi connectivity index (χ0) is 14.5. The Balaban J connectivity index is 2.21. The molecule has 3 heteroatoms. The number of benzene rings is 1. The van der Waals surface area contributed by atoms with Crippen LogP contribution in [0.4, 0.5) is 4.39 Å². The van der Waals surface area contributed by atoms with E-state index in [9.17, 15) is 4.39 Å². The first kappa shape index (κ1) is 15.3. The second-order valence-electron chi connectivity index (χ2n) is 5.80. The van der Waals surface area contributed by atoms with Crippen molar-refractivity contribution >= 4 is 0 Å². The van der Waals surface area contributed by atoms with E-state index in [1.54, 1.807) is 13.0 Å². The lowest BCUT2D eigenvalue weighted by atomic mass is 9.97. The molecule has 2 nitrogen and oxygen atoms in total. The maximum Gasteiger partial charge on any atom is 0.126 e. The van der Waals surface area contributed by atoms with Crippen molar-refractivity contribution in [1.82, 2.24) is 5.32 Å². The normalized spacial score (nSPS) is 18.0. The molecule has 0 aliphatic heterocycles. The molecule has 1 N–H and O–H groups in total. The third-order valence-corrected chi connectivity index (χ3v) is 4.11. The first-order valence-corrected chi connectivity index (χ1v) is 7.82. The molecule has 0 aromatic heterocycles. The number of halogens is 1. The molecule has 1 fully saturated rings. The van der Waals surface area contributed by atoms with Gasteiger partial charge in [-0.25, -0.2) is 4.39 Å². The van der Waals surface area contributed by atoms with Crippen molar-refractivity contribution in [3.8, 4) is 5.75 Å². The summed E-state index contributed by atoms with van der Waals surface area (Å²) in [6, 6.07) is 3.59. The van der Waals surface area contributed by atoms with E-state index in [1.165, 1.54) is 19.3 Å². The molecule has 0 bridgehead atoms. The van der Waals surface area contributed by atoms with E-state index >= 15 is 0 Å². The van der Waals surface area contributed by atoms with Gasteiger partial charge in [0.25, 0.3) is 0 Å². The van der Waals surface area contributed by atoms with Crippen molar-refractivity contribution in [1.29, 1.82) is 0 Å². The molecule has 0 radical (unpaired) electrons. The predicted octanol–water partition coefficient (Wildman–Crippen LogP) is 4.52. The van der Waals surface area contributed by atoms with Gasteiger partial charge in [-0.15, -0.1) is 0 Å². The van der Waals surface area contributed by atoms with Gasteiger partial charge in [-0.2, -0.15) is 0 Å². The highest BCUT2D eigenvalue weighted by Crippen LogP contribution is 2.31. The molecule has 0 amide bonds. The molecule has 1 saturated carbocycles. The van der Waals surface area contributed by atoms with Crippen LogP contribution >= 0.6 is 0 Å². The maximum absolute atomic E-state index is 13.9. The third-order valence-electron chi connectivity index (χ3n) is 4.11. The van der Waals surface area contributed by atoms with Crippen LogP contribution < -0.4 is 10.1 Å². The minimum Gasteiger partial charge on any atom is -0.490 e. The Morgan fingerprint density at radius 3 is 2.65 bits per heavy atom. The Kier molecular flexibility index (Phi) is 5.41. The van der Waals surface area contributed by atoms with Crippen molar-refractivity contribution in [2.24, 2.45) is 0 Å². The van der Waals surface area contributed by atoms with E-state index in [1.807, 2.05) is 6.07 Å². The molecule has 1 aromatic rings. The van der Waals surface area contributed by atoms with Crippen molar-refractivity contribution in [2.45, 2.75) is 65.0 Å². The molecule has 112 valence electrons. The smallest absolute Gasteiger partial charge is 0.126 e. The minimum atomic E-state index is -0.152. The lowest BCUT2D eigenvalue weighted by Gasteiger charge is -2.26. The molecule has 0 heterocycles. The number of hydrogen-bond donors (Lipinski definition) is 1. The number of aryl methyl sites for hydroxylation is 1. The van der Waals surface area contributed by atoms with E-state index in [0.717, 1.165) is 30.7 Å². The van der Waals surface area contributed by atoms with Crippen LogP contribution in [0.1, 0.15) is 63.1 Å². The Morgan fingerprint density at radius 1 is 1.30 bits per heavy atom. The van der Waals surface area contributed by atoms with Crippen LogP contribution in [0, 0.1) is 12.7 Å². The highest BCUT2D eigenvalue weighted by atomic mass is 19.1. The molecule has 20 heavy (non-hydrogen) atoms. The first-order chi connectivity index (χ1) is 9.61. The fourth-order valence-corrected chi connectivity index (χ4v) is 2.89. The predicted molar refractivity (Wildman–Crippen MR) is 80.7 cm³/mol. The fraction of sp³-hybridized carbons (Fsp3) is 0.647. The highest BCUT2D eigenvalue weighted by Gasteiger charge is 2.19. The van der Waals surface area contributed by atoms with Gasteiger partial charge in [0.05, 0.1) is 6.10 Å². The average Bonchev–Trinajstić information content (AvgIpc) is 2.44. The zero-order valence-corrected chi connectivity index (χ0v) is 12.8. The summed E-state index contributed by atoms with van der Waals surface area (Å²) in [7, 11) is 0. The maximum atomic E-state index is 13.9. The summed E-state index contributed by atoms with van der Waals surface area (Å²) in [6.45, 7) is 6.77. The fourth-order valence-electron chi connectivity index (χ4n) is 2.89. The number of hydrogen-bond acceptors (Lipinski definition) is 2. The summed E-state index contributed by atoms with van der Waals surface area (Å²) < 4.78 is 20.0. The quantitative estimate of drug-likeness (QED) is 0.856. The molecule has 1 aliphatic carbocycles. The molecule has 1 aliphatic rings. The Morgan fingerprint density at radius 2 is 2.00 bits per heavy atom. The minimum absolute atomic E-state index is 0.105. The molecule has 0 spiro atoms. The summed E-state index contributed by atoms with van der Waals surface area (Å²) >= 11 is 0. The summed E-state index contributed by atoms with van der Waals surface area (Å²) in [4.78, 5) is 0. The van der Waals surface area contributed by atoms with E-state index in [-0.39, 0.29) is 11.9 Å². The average molecular weight is 279 g/mol. The molecule has 0 saturated heterocycles. The van der Waals surface area contributed by atoms with Gasteiger partial charge in [0, 0.05) is 11.6 Å². The Bertz CT molecular complexity index is 441. The zero-order valence-electron chi connectivity index (χ0n) is 12.8. The summed E-state index contributed by atoms with van der Waals surface area (Å²) in [6.07, 6.45) is 6.31. The van der Waals surface area contributed by atoms with Gasteiger partial charge in [0.2, 0.25) is 0 Å². The summed E-state index contributed by atoms with van der Waals surface area (Å²) in [5.41, 5.74) is 1.59. The van der Waals surface area contributed by atoms with Gasteiger partial charge in [0.1, 0.15) is 11.6 Å². The van der Waals surface area contributed by atoms with Gasteiger partial charge in [-0.05, 0) is 63.8 Å². The monoisotopic (exact) mass is 279 g/mol. The van der Waals surface area contributed by atoms with Crippen molar-refractivity contribution in [2.75, 3.05) is 6.54 Å². The molecule has 2 rings (SSSR count). The second-order valence-corrected chi connectivity index (χ2v) is 5.80. The van der Waals surface area contributed by atoms with Crippen LogP contribution in [0.3, 0.4) is 0 Å². The molecule has 1 atom stereocenters. The molecule has 1 aromatic carbocycles. The lowest BCUT2D eigenvalue weighted by molar-refractivity contribution is 0.152. The van der Waals surface area contributed by atoms with Crippen LogP contribution in [-0.2, 0) is 0 Å². The van der Waals surface area contributed by atoms with Gasteiger partial charge >= 0.3 is 0 Å². The van der Waals surface area contributed by atoms with Crippen LogP contribution in [0.2, 0.25) is 0 Å². The van der Waals surface area contributed by atoms with E-state index < -0.39 is 0 Å².